The SMILES string of the molecule is Cc1ccc2nc(-c3cc(C(C)(C)C)c4ccccc4c3)c3c4ccc(CC(C)C)cc4oc3c2c1. The summed E-state index contributed by atoms with van der Waals surface area (Å²) in [6, 6.07) is 26.5. The van der Waals surface area contributed by atoms with Gasteiger partial charge in [0.15, 0.2) is 0 Å². The highest BCUT2D eigenvalue weighted by Gasteiger charge is 2.22. The third-order valence-electron chi connectivity index (χ3n) is 7.21. The Labute approximate surface area is 213 Å². The Bertz CT molecular complexity index is 1780. The maximum atomic E-state index is 6.65. The lowest BCUT2D eigenvalue weighted by molar-refractivity contribution is 0.596. The predicted octanol–water partition coefficient (Wildman–Crippen LogP) is 9.76. The molecule has 0 atom stereocenters. The van der Waals surface area contributed by atoms with E-state index in [4.69, 9.17) is 9.40 Å². The summed E-state index contributed by atoms with van der Waals surface area (Å²) in [4.78, 5) is 5.28. The number of pyridine rings is 1. The van der Waals surface area contributed by atoms with Crippen molar-refractivity contribution in [3.05, 3.63) is 89.5 Å². The maximum Gasteiger partial charge on any atom is 0.147 e. The zero-order chi connectivity index (χ0) is 25.2. The van der Waals surface area contributed by atoms with Crippen molar-refractivity contribution in [3.8, 4) is 11.3 Å². The molecule has 0 aliphatic heterocycles. The van der Waals surface area contributed by atoms with Crippen LogP contribution in [0.15, 0.2) is 77.2 Å². The second kappa shape index (κ2) is 8.20. The van der Waals surface area contributed by atoms with E-state index in [-0.39, 0.29) is 5.41 Å². The highest BCUT2D eigenvalue weighted by molar-refractivity contribution is 6.19. The van der Waals surface area contributed by atoms with Gasteiger partial charge in [0.1, 0.15) is 11.2 Å². The second-order valence-electron chi connectivity index (χ2n) is 11.7. The normalized spacial score (nSPS) is 12.5. The van der Waals surface area contributed by atoms with Crippen molar-refractivity contribution in [2.45, 2.75) is 53.4 Å². The van der Waals surface area contributed by atoms with Gasteiger partial charge in [0.05, 0.1) is 16.6 Å². The molecule has 2 aromatic heterocycles. The summed E-state index contributed by atoms with van der Waals surface area (Å²) in [5.41, 5.74) is 8.84. The summed E-state index contributed by atoms with van der Waals surface area (Å²) in [5, 5.41) is 5.86. The Hall–Kier alpha value is -3.65. The van der Waals surface area contributed by atoms with E-state index in [1.165, 1.54) is 27.5 Å². The fourth-order valence-electron chi connectivity index (χ4n) is 5.55. The number of hydrogen-bond acceptors (Lipinski definition) is 2. The molecule has 6 rings (SSSR count). The minimum Gasteiger partial charge on any atom is -0.455 e. The van der Waals surface area contributed by atoms with Crippen LogP contribution < -0.4 is 0 Å². The van der Waals surface area contributed by atoms with Gasteiger partial charge in [0.2, 0.25) is 0 Å². The van der Waals surface area contributed by atoms with Crippen LogP contribution in [0.5, 0.6) is 0 Å². The van der Waals surface area contributed by atoms with Gasteiger partial charge in [-0.3, -0.25) is 0 Å². The Morgan fingerprint density at radius 3 is 2.42 bits per heavy atom. The lowest BCUT2D eigenvalue weighted by Gasteiger charge is -2.23. The van der Waals surface area contributed by atoms with Gasteiger partial charge in [-0.05, 0) is 76.9 Å². The van der Waals surface area contributed by atoms with Crippen molar-refractivity contribution in [3.63, 3.8) is 0 Å². The molecule has 0 N–H and O–H groups in total. The lowest BCUT2D eigenvalue weighted by atomic mass is 9.82. The van der Waals surface area contributed by atoms with Crippen LogP contribution in [0.25, 0.3) is 54.9 Å². The van der Waals surface area contributed by atoms with Crippen LogP contribution in [-0.2, 0) is 11.8 Å². The standard InChI is InChI=1S/C34H33NO/c1-20(2)15-22-12-13-26-30(17-22)36-33-27-16-21(3)11-14-29(27)35-32(31(26)33)24-18-23-9-7-8-10-25(23)28(19-24)34(4,5)6/h7-14,16-20H,15H2,1-6H3. The number of hydrogen-bond donors (Lipinski definition) is 0. The molecule has 0 saturated heterocycles. The number of benzene rings is 4. The molecule has 0 aliphatic carbocycles. The van der Waals surface area contributed by atoms with Gasteiger partial charge in [-0.1, -0.05) is 82.6 Å². The number of furan rings is 1. The van der Waals surface area contributed by atoms with E-state index < -0.39 is 0 Å². The molecule has 4 aromatic carbocycles. The average molecular weight is 472 g/mol. The molecule has 0 saturated carbocycles. The fourth-order valence-corrected chi connectivity index (χ4v) is 5.55. The molecule has 2 nitrogen and oxygen atoms in total. The zero-order valence-corrected chi connectivity index (χ0v) is 22.1. The summed E-state index contributed by atoms with van der Waals surface area (Å²) in [7, 11) is 0. The van der Waals surface area contributed by atoms with Crippen molar-refractivity contribution in [2.24, 2.45) is 5.92 Å². The molecule has 6 aromatic rings. The average Bonchev–Trinajstić information content (AvgIpc) is 3.21. The van der Waals surface area contributed by atoms with Gasteiger partial charge in [-0.15, -0.1) is 0 Å². The smallest absolute Gasteiger partial charge is 0.147 e. The number of nitrogens with zero attached hydrogens (tertiary/aromatic N) is 1. The highest BCUT2D eigenvalue weighted by atomic mass is 16.3. The third kappa shape index (κ3) is 3.76. The molecule has 2 heterocycles. The first-order valence-corrected chi connectivity index (χ1v) is 13.0. The van der Waals surface area contributed by atoms with E-state index in [0.717, 1.165) is 50.5 Å². The number of aromatic nitrogens is 1. The van der Waals surface area contributed by atoms with Crippen molar-refractivity contribution >= 4 is 43.6 Å². The van der Waals surface area contributed by atoms with E-state index in [9.17, 15) is 0 Å². The molecule has 0 fully saturated rings. The van der Waals surface area contributed by atoms with Gasteiger partial charge in [0, 0.05) is 16.3 Å². The molecule has 0 amide bonds. The van der Waals surface area contributed by atoms with Crippen LogP contribution in [0.3, 0.4) is 0 Å². The topological polar surface area (TPSA) is 26.0 Å². The van der Waals surface area contributed by atoms with Gasteiger partial charge >= 0.3 is 0 Å². The van der Waals surface area contributed by atoms with Crippen LogP contribution in [-0.4, -0.2) is 4.98 Å². The van der Waals surface area contributed by atoms with E-state index in [0.29, 0.717) is 5.92 Å². The maximum absolute atomic E-state index is 6.65. The van der Waals surface area contributed by atoms with Gasteiger partial charge in [-0.25, -0.2) is 4.98 Å². The first kappa shape index (κ1) is 22.8. The third-order valence-corrected chi connectivity index (χ3v) is 7.21. The van der Waals surface area contributed by atoms with E-state index in [2.05, 4.69) is 114 Å². The molecule has 0 spiro atoms. The Balaban J connectivity index is 1.74. The quantitative estimate of drug-likeness (QED) is 0.257. The Kier molecular flexibility index (Phi) is 5.19. The minimum atomic E-state index is 0.00685. The Morgan fingerprint density at radius 2 is 1.64 bits per heavy atom. The molecular formula is C34H33NO. The van der Waals surface area contributed by atoms with Crippen molar-refractivity contribution < 1.29 is 4.42 Å². The predicted molar refractivity (Wildman–Crippen MR) is 154 cm³/mol. The van der Waals surface area contributed by atoms with Gasteiger partial charge in [0.25, 0.3) is 0 Å². The molecule has 0 radical (unpaired) electrons. The highest BCUT2D eigenvalue weighted by Crippen LogP contribution is 2.42. The second-order valence-corrected chi connectivity index (χ2v) is 11.7. The monoisotopic (exact) mass is 471 g/mol. The van der Waals surface area contributed by atoms with Crippen LogP contribution in [0.4, 0.5) is 0 Å². The Morgan fingerprint density at radius 1 is 0.833 bits per heavy atom. The molecule has 0 bridgehead atoms. The summed E-state index contributed by atoms with van der Waals surface area (Å²) in [5.74, 6) is 0.598. The lowest BCUT2D eigenvalue weighted by Crippen LogP contribution is -2.12. The van der Waals surface area contributed by atoms with Crippen LogP contribution in [0.1, 0.15) is 51.3 Å². The van der Waals surface area contributed by atoms with Crippen LogP contribution in [0.2, 0.25) is 0 Å². The van der Waals surface area contributed by atoms with Crippen LogP contribution in [0, 0.1) is 12.8 Å². The summed E-state index contributed by atoms with van der Waals surface area (Å²) < 4.78 is 6.65. The molecule has 180 valence electrons. The van der Waals surface area contributed by atoms with E-state index in [1.807, 2.05) is 0 Å². The van der Waals surface area contributed by atoms with E-state index >= 15 is 0 Å². The molecular weight excluding hydrogens is 438 g/mol. The molecule has 0 aliphatic rings. The number of rotatable bonds is 3. The zero-order valence-electron chi connectivity index (χ0n) is 22.1. The molecule has 2 heteroatoms. The minimum absolute atomic E-state index is 0.00685. The van der Waals surface area contributed by atoms with Gasteiger partial charge < -0.3 is 4.42 Å². The largest absolute Gasteiger partial charge is 0.455 e. The molecule has 0 unspecified atom stereocenters. The first-order chi connectivity index (χ1) is 17.2. The van der Waals surface area contributed by atoms with Crippen molar-refractivity contribution in [1.29, 1.82) is 0 Å². The van der Waals surface area contributed by atoms with Crippen molar-refractivity contribution in [2.75, 3.05) is 0 Å². The summed E-state index contributed by atoms with van der Waals surface area (Å²) in [6.07, 6.45) is 1.04. The summed E-state index contributed by atoms with van der Waals surface area (Å²) >= 11 is 0. The number of fused-ring (bicyclic) bond motifs is 6. The number of aryl methyl sites for hydroxylation is 1. The summed E-state index contributed by atoms with van der Waals surface area (Å²) in [6.45, 7) is 13.5. The fraction of sp³-hybridized carbons (Fsp3) is 0.265. The van der Waals surface area contributed by atoms with Crippen molar-refractivity contribution in [1.82, 2.24) is 4.98 Å². The van der Waals surface area contributed by atoms with E-state index in [1.54, 1.807) is 0 Å². The first-order valence-electron chi connectivity index (χ1n) is 13.0. The van der Waals surface area contributed by atoms with Gasteiger partial charge in [-0.2, -0.15) is 0 Å². The van der Waals surface area contributed by atoms with Crippen LogP contribution >= 0.6 is 0 Å². The molecule has 36 heavy (non-hydrogen) atoms.